The molecule has 0 saturated heterocycles. The Morgan fingerprint density at radius 3 is 1.60 bits per heavy atom. The molecule has 0 fully saturated rings. The quantitative estimate of drug-likeness (QED) is 0.159. The third-order valence-electron chi connectivity index (χ3n) is 14.4. The fourth-order valence-corrected chi connectivity index (χ4v) is 11.5. The van der Waals surface area contributed by atoms with Crippen molar-refractivity contribution >= 4 is 39.0 Å². The average molecular weight is 830 g/mol. The number of hydrogen-bond acceptors (Lipinski definition) is 2. The molecule has 65 heavy (non-hydrogen) atoms. The Morgan fingerprint density at radius 2 is 0.877 bits per heavy atom. The number of fused-ring (bicyclic) bond motifs is 9. The van der Waals surface area contributed by atoms with Gasteiger partial charge in [0.25, 0.3) is 0 Å². The minimum absolute atomic E-state index is 0.271. The molecule has 0 spiro atoms. The van der Waals surface area contributed by atoms with Crippen LogP contribution >= 0.6 is 0 Å². The van der Waals surface area contributed by atoms with Crippen LogP contribution in [0.4, 0.5) is 17.1 Å². The highest BCUT2D eigenvalue weighted by molar-refractivity contribution is 6.10. The van der Waals surface area contributed by atoms with Crippen molar-refractivity contribution < 1.29 is 4.42 Å². The highest BCUT2D eigenvalue weighted by Gasteiger charge is 2.46. The van der Waals surface area contributed by atoms with Gasteiger partial charge in [-0.05, 0) is 122 Å². The van der Waals surface area contributed by atoms with E-state index in [4.69, 9.17) is 4.42 Å². The molecule has 2 nitrogen and oxygen atoms in total. The van der Waals surface area contributed by atoms with Crippen LogP contribution in [0.5, 0.6) is 0 Å². The first-order valence-electron chi connectivity index (χ1n) is 22.6. The van der Waals surface area contributed by atoms with Crippen LogP contribution in [0.2, 0.25) is 0 Å². The van der Waals surface area contributed by atoms with Crippen LogP contribution in [0.25, 0.3) is 55.3 Å². The van der Waals surface area contributed by atoms with Gasteiger partial charge in [0.05, 0.1) is 11.1 Å². The van der Waals surface area contributed by atoms with Crippen molar-refractivity contribution in [2.75, 3.05) is 4.90 Å². The smallest absolute Gasteiger partial charge is 0.159 e. The highest BCUT2D eigenvalue weighted by atomic mass is 16.3. The van der Waals surface area contributed by atoms with Crippen molar-refractivity contribution in [2.45, 2.75) is 17.8 Å². The Balaban J connectivity index is 1.00. The summed E-state index contributed by atoms with van der Waals surface area (Å²) in [4.78, 5) is 2.39. The largest absolute Gasteiger partial charge is 0.454 e. The monoisotopic (exact) mass is 829 g/mol. The zero-order valence-electron chi connectivity index (χ0n) is 35.9. The molecule has 306 valence electrons. The lowest BCUT2D eigenvalue weighted by atomic mass is 9.67. The van der Waals surface area contributed by atoms with E-state index in [0.717, 1.165) is 39.0 Å². The lowest BCUT2D eigenvalue weighted by Gasteiger charge is -2.35. The van der Waals surface area contributed by atoms with Gasteiger partial charge in [-0.15, -0.1) is 0 Å². The highest BCUT2D eigenvalue weighted by Crippen LogP contribution is 2.58. The molecular formula is C63H43NO. The Kier molecular flexibility index (Phi) is 8.29. The standard InChI is InChI=1S/C63H43NO/c1-62(44-18-5-2-6-19-44)55-28-14-11-24-49(55)51-38-34-43(40-57(51)62)42-32-35-47(36-33-42)64(59-30-17-27-54-53-26-13-16-31-60(53)65-61(54)59)48-37-39-52-50-25-12-15-29-56(50)63(58(52)41-48,45-20-7-3-8-21-45)46-22-9-4-10-23-46/h2-41H,1H3. The van der Waals surface area contributed by atoms with Crippen LogP contribution in [0, 0.1) is 0 Å². The Hall–Kier alpha value is -8.20. The summed E-state index contributed by atoms with van der Waals surface area (Å²) in [6.45, 7) is 2.38. The Labute approximate surface area is 379 Å². The van der Waals surface area contributed by atoms with Crippen molar-refractivity contribution in [3.8, 4) is 33.4 Å². The fourth-order valence-electron chi connectivity index (χ4n) is 11.5. The van der Waals surface area contributed by atoms with Crippen molar-refractivity contribution in [1.29, 1.82) is 0 Å². The molecule has 1 unspecified atom stereocenters. The molecule has 0 bridgehead atoms. The predicted octanol–water partition coefficient (Wildman–Crippen LogP) is 16.4. The van der Waals surface area contributed by atoms with Gasteiger partial charge in [0.15, 0.2) is 5.58 Å². The van der Waals surface area contributed by atoms with Gasteiger partial charge in [0.2, 0.25) is 0 Å². The topological polar surface area (TPSA) is 16.4 Å². The Bertz CT molecular complexity index is 3570. The minimum Gasteiger partial charge on any atom is -0.454 e. The SMILES string of the molecule is CC1(c2ccccc2)c2ccccc2-c2ccc(-c3ccc(N(c4ccc5c(c4)C(c4ccccc4)(c4ccccc4)c4ccccc4-5)c4cccc5c4oc4ccccc45)cc3)cc21. The van der Waals surface area contributed by atoms with Crippen LogP contribution in [-0.4, -0.2) is 0 Å². The van der Waals surface area contributed by atoms with Gasteiger partial charge in [-0.3, -0.25) is 0 Å². The van der Waals surface area contributed by atoms with Crippen LogP contribution in [0.15, 0.2) is 247 Å². The lowest BCUT2D eigenvalue weighted by Crippen LogP contribution is -2.28. The van der Waals surface area contributed by atoms with Gasteiger partial charge in [-0.1, -0.05) is 200 Å². The van der Waals surface area contributed by atoms with E-state index in [1.807, 2.05) is 6.07 Å². The maximum Gasteiger partial charge on any atom is 0.159 e. The lowest BCUT2D eigenvalue weighted by molar-refractivity contribution is 0.669. The molecule has 0 amide bonds. The molecule has 11 aromatic rings. The van der Waals surface area contributed by atoms with Gasteiger partial charge >= 0.3 is 0 Å². The van der Waals surface area contributed by atoms with E-state index in [-0.39, 0.29) is 5.41 Å². The summed E-state index contributed by atoms with van der Waals surface area (Å²) in [5.41, 5.74) is 20.5. The van der Waals surface area contributed by atoms with E-state index < -0.39 is 5.41 Å². The zero-order chi connectivity index (χ0) is 43.1. The molecule has 10 aromatic carbocycles. The second-order valence-electron chi connectivity index (χ2n) is 17.7. The number of furan rings is 1. The van der Waals surface area contributed by atoms with E-state index in [9.17, 15) is 0 Å². The van der Waals surface area contributed by atoms with Crippen LogP contribution in [-0.2, 0) is 10.8 Å². The summed E-state index contributed by atoms with van der Waals surface area (Å²) in [7, 11) is 0. The molecule has 0 saturated carbocycles. The summed E-state index contributed by atoms with van der Waals surface area (Å²) in [6, 6.07) is 89.0. The number of para-hydroxylation sites is 2. The van der Waals surface area contributed by atoms with E-state index in [2.05, 4.69) is 248 Å². The molecule has 13 rings (SSSR count). The molecule has 2 heteroatoms. The van der Waals surface area contributed by atoms with Crippen LogP contribution in [0.3, 0.4) is 0 Å². The van der Waals surface area contributed by atoms with Crippen molar-refractivity contribution in [3.63, 3.8) is 0 Å². The maximum absolute atomic E-state index is 6.81. The van der Waals surface area contributed by atoms with Gasteiger partial charge in [-0.2, -0.15) is 0 Å². The second-order valence-corrected chi connectivity index (χ2v) is 17.7. The molecular weight excluding hydrogens is 787 g/mol. The number of anilines is 3. The summed E-state index contributed by atoms with van der Waals surface area (Å²) in [5, 5.41) is 2.20. The molecule has 1 atom stereocenters. The summed E-state index contributed by atoms with van der Waals surface area (Å²) >= 11 is 0. The molecule has 2 aliphatic carbocycles. The van der Waals surface area contributed by atoms with Gasteiger partial charge in [-0.25, -0.2) is 0 Å². The Morgan fingerprint density at radius 1 is 0.354 bits per heavy atom. The number of benzene rings is 10. The average Bonchev–Trinajstić information content (AvgIpc) is 4.00. The first-order chi connectivity index (χ1) is 32.1. The maximum atomic E-state index is 6.81. The predicted molar refractivity (Wildman–Crippen MR) is 269 cm³/mol. The molecule has 1 aromatic heterocycles. The number of rotatable bonds is 7. The molecule has 2 aliphatic rings. The molecule has 0 aliphatic heterocycles. The van der Waals surface area contributed by atoms with Crippen LogP contribution < -0.4 is 4.90 Å². The summed E-state index contributed by atoms with van der Waals surface area (Å²) < 4.78 is 6.81. The number of hydrogen-bond donors (Lipinski definition) is 0. The second kappa shape index (κ2) is 14.4. The van der Waals surface area contributed by atoms with E-state index in [1.165, 1.54) is 72.3 Å². The van der Waals surface area contributed by atoms with E-state index in [0.29, 0.717) is 0 Å². The normalized spacial score (nSPS) is 15.3. The molecule has 1 heterocycles. The van der Waals surface area contributed by atoms with Gasteiger partial charge in [0, 0.05) is 27.6 Å². The first kappa shape index (κ1) is 37.4. The molecule has 0 radical (unpaired) electrons. The minimum atomic E-state index is -0.535. The van der Waals surface area contributed by atoms with E-state index >= 15 is 0 Å². The van der Waals surface area contributed by atoms with Crippen molar-refractivity contribution in [1.82, 2.24) is 0 Å². The summed E-state index contributed by atoms with van der Waals surface area (Å²) in [6.07, 6.45) is 0. The third kappa shape index (κ3) is 5.41. The third-order valence-corrected chi connectivity index (χ3v) is 14.4. The van der Waals surface area contributed by atoms with Crippen molar-refractivity contribution in [2.24, 2.45) is 0 Å². The van der Waals surface area contributed by atoms with Gasteiger partial charge < -0.3 is 9.32 Å². The fraction of sp³-hybridized carbons (Fsp3) is 0.0476. The molecule has 0 N–H and O–H groups in total. The van der Waals surface area contributed by atoms with Crippen LogP contribution in [0.1, 0.15) is 45.9 Å². The zero-order valence-corrected chi connectivity index (χ0v) is 35.9. The van der Waals surface area contributed by atoms with Gasteiger partial charge in [0.1, 0.15) is 5.58 Å². The van der Waals surface area contributed by atoms with Crippen molar-refractivity contribution in [3.05, 3.63) is 282 Å². The number of nitrogens with zero attached hydrogens (tertiary/aromatic N) is 1. The van der Waals surface area contributed by atoms with E-state index in [1.54, 1.807) is 0 Å². The first-order valence-corrected chi connectivity index (χ1v) is 22.6. The summed E-state index contributed by atoms with van der Waals surface area (Å²) in [5.74, 6) is 0.